The Morgan fingerprint density at radius 1 is 0.880 bits per heavy atom. The molecule has 3 aromatic rings. The number of nitrogens with zero attached hydrogens (tertiary/aromatic N) is 2. The van der Waals surface area contributed by atoms with Crippen LogP contribution in [0.2, 0.25) is 0 Å². The van der Waals surface area contributed by atoms with E-state index in [1.165, 1.54) is 32.1 Å². The van der Waals surface area contributed by atoms with Crippen LogP contribution in [0.4, 0.5) is 5.13 Å². The normalized spacial score (nSPS) is 14.7. The lowest BCUT2D eigenvalue weighted by molar-refractivity contribution is -0.509. The first-order chi connectivity index (χ1) is 11.9. The smallest absolute Gasteiger partial charge is 0.350 e. The minimum Gasteiger partial charge on any atom is -1.00 e. The van der Waals surface area contributed by atoms with Gasteiger partial charge in [0.15, 0.2) is 0 Å². The van der Waals surface area contributed by atoms with E-state index in [0.717, 1.165) is 22.2 Å². The molecule has 0 atom stereocenters. The van der Waals surface area contributed by atoms with E-state index in [0.29, 0.717) is 6.04 Å². The summed E-state index contributed by atoms with van der Waals surface area (Å²) in [5.74, 6) is 1.00. The molecule has 1 fully saturated rings. The van der Waals surface area contributed by atoms with Gasteiger partial charge in [-0.2, -0.15) is 0 Å². The fourth-order valence-corrected chi connectivity index (χ4v) is 4.26. The van der Waals surface area contributed by atoms with Gasteiger partial charge in [-0.3, -0.25) is 0 Å². The van der Waals surface area contributed by atoms with Gasteiger partial charge in [-0.1, -0.05) is 55.7 Å². The SMILES string of the molecule is [I-].c1ccc(-c2nc(NC3CCCCC3)s[n+]2-c2ccccc2)cc1. The minimum absolute atomic E-state index is 0. The van der Waals surface area contributed by atoms with Crippen molar-refractivity contribution in [2.24, 2.45) is 0 Å². The first kappa shape index (κ1) is 18.3. The predicted octanol–water partition coefficient (Wildman–Crippen LogP) is 1.84. The fourth-order valence-electron chi connectivity index (χ4n) is 3.28. The Labute approximate surface area is 170 Å². The van der Waals surface area contributed by atoms with Gasteiger partial charge in [0.1, 0.15) is 17.2 Å². The first-order valence-electron chi connectivity index (χ1n) is 8.71. The van der Waals surface area contributed by atoms with Crippen LogP contribution in [0.15, 0.2) is 60.7 Å². The molecular weight excluding hydrogens is 441 g/mol. The molecule has 0 aliphatic heterocycles. The van der Waals surface area contributed by atoms with Crippen molar-refractivity contribution in [2.75, 3.05) is 5.32 Å². The molecule has 2 aromatic carbocycles. The zero-order chi connectivity index (χ0) is 16.2. The van der Waals surface area contributed by atoms with Gasteiger partial charge in [0.25, 0.3) is 0 Å². The summed E-state index contributed by atoms with van der Waals surface area (Å²) in [6.45, 7) is 0. The average Bonchev–Trinajstić information content (AvgIpc) is 3.08. The number of anilines is 1. The molecule has 0 bridgehead atoms. The lowest BCUT2D eigenvalue weighted by atomic mass is 9.96. The monoisotopic (exact) mass is 463 g/mol. The molecule has 1 saturated carbocycles. The van der Waals surface area contributed by atoms with Crippen molar-refractivity contribution < 1.29 is 27.9 Å². The molecule has 0 saturated heterocycles. The van der Waals surface area contributed by atoms with Crippen molar-refractivity contribution in [3.63, 3.8) is 0 Å². The standard InChI is InChI=1S/C20H21N3S.HI/c1-4-10-16(11-5-1)19-22-20(21-17-12-6-2-7-13-17)24-23(19)18-14-8-3-9-15-18;/h1,3-5,8-11,14-15,17H,2,6-7,12-13H2;1H. The number of hydrogen-bond donors (Lipinski definition) is 1. The molecule has 0 unspecified atom stereocenters. The van der Waals surface area contributed by atoms with Crippen LogP contribution in [0.3, 0.4) is 0 Å². The maximum absolute atomic E-state index is 4.92. The molecule has 0 amide bonds. The van der Waals surface area contributed by atoms with Crippen LogP contribution in [0.25, 0.3) is 17.1 Å². The van der Waals surface area contributed by atoms with Crippen LogP contribution in [0.1, 0.15) is 32.1 Å². The maximum Gasteiger partial charge on any atom is 0.350 e. The Morgan fingerprint density at radius 3 is 2.20 bits per heavy atom. The van der Waals surface area contributed by atoms with Gasteiger partial charge in [0.05, 0.1) is 5.56 Å². The highest BCUT2D eigenvalue weighted by Gasteiger charge is 2.26. The summed E-state index contributed by atoms with van der Waals surface area (Å²) < 4.78 is 2.22. The zero-order valence-corrected chi connectivity index (χ0v) is 17.0. The third kappa shape index (κ3) is 4.39. The number of rotatable bonds is 4. The zero-order valence-electron chi connectivity index (χ0n) is 14.1. The van der Waals surface area contributed by atoms with E-state index in [-0.39, 0.29) is 24.0 Å². The highest BCUT2D eigenvalue weighted by atomic mass is 127. The van der Waals surface area contributed by atoms with Crippen molar-refractivity contribution in [2.45, 2.75) is 38.1 Å². The molecule has 130 valence electrons. The topological polar surface area (TPSA) is 28.8 Å². The molecule has 0 radical (unpaired) electrons. The quantitative estimate of drug-likeness (QED) is 0.473. The second kappa shape index (κ2) is 8.76. The number of aromatic nitrogens is 2. The Morgan fingerprint density at radius 2 is 1.52 bits per heavy atom. The summed E-state index contributed by atoms with van der Waals surface area (Å²) in [6, 6.07) is 21.5. The predicted molar refractivity (Wildman–Crippen MR) is 99.6 cm³/mol. The molecule has 1 aromatic heterocycles. The van der Waals surface area contributed by atoms with E-state index in [1.807, 2.05) is 6.07 Å². The summed E-state index contributed by atoms with van der Waals surface area (Å²) in [5.41, 5.74) is 2.31. The van der Waals surface area contributed by atoms with Crippen molar-refractivity contribution in [1.29, 1.82) is 0 Å². The summed E-state index contributed by atoms with van der Waals surface area (Å²) >= 11 is 1.70. The highest BCUT2D eigenvalue weighted by Crippen LogP contribution is 2.25. The van der Waals surface area contributed by atoms with Gasteiger partial charge in [0, 0.05) is 6.04 Å². The van der Waals surface area contributed by atoms with Crippen LogP contribution >= 0.6 is 11.5 Å². The molecule has 4 rings (SSSR count). The van der Waals surface area contributed by atoms with E-state index in [2.05, 4.69) is 63.9 Å². The lowest BCUT2D eigenvalue weighted by Gasteiger charge is -2.20. The van der Waals surface area contributed by atoms with E-state index in [4.69, 9.17) is 4.98 Å². The van der Waals surface area contributed by atoms with E-state index < -0.39 is 0 Å². The second-order valence-electron chi connectivity index (χ2n) is 6.31. The number of hydrogen-bond acceptors (Lipinski definition) is 3. The lowest BCUT2D eigenvalue weighted by Crippen LogP contribution is -3.00. The average molecular weight is 463 g/mol. The largest absolute Gasteiger partial charge is 1.00 e. The van der Waals surface area contributed by atoms with Crippen molar-refractivity contribution in [3.05, 3.63) is 60.7 Å². The fraction of sp³-hybridized carbons (Fsp3) is 0.300. The van der Waals surface area contributed by atoms with Gasteiger partial charge in [0.2, 0.25) is 0 Å². The van der Waals surface area contributed by atoms with Crippen LogP contribution in [-0.2, 0) is 0 Å². The highest BCUT2D eigenvalue weighted by molar-refractivity contribution is 7.06. The maximum atomic E-state index is 4.92. The van der Waals surface area contributed by atoms with Crippen LogP contribution < -0.4 is 33.3 Å². The third-order valence-corrected chi connectivity index (χ3v) is 5.48. The summed E-state index contributed by atoms with van der Waals surface area (Å²) in [7, 11) is 0. The van der Waals surface area contributed by atoms with Gasteiger partial charge < -0.3 is 29.3 Å². The Balaban J connectivity index is 0.00000182. The molecule has 0 spiro atoms. The van der Waals surface area contributed by atoms with Crippen molar-refractivity contribution >= 4 is 16.7 Å². The number of halogens is 1. The van der Waals surface area contributed by atoms with Crippen molar-refractivity contribution in [1.82, 2.24) is 4.98 Å². The van der Waals surface area contributed by atoms with Crippen molar-refractivity contribution in [3.8, 4) is 17.1 Å². The Hall–Kier alpha value is -1.47. The summed E-state index contributed by atoms with van der Waals surface area (Å²) in [5, 5.41) is 4.69. The number of nitrogens with one attached hydrogen (secondary N) is 1. The summed E-state index contributed by atoms with van der Waals surface area (Å²) in [4.78, 5) is 4.92. The van der Waals surface area contributed by atoms with E-state index >= 15 is 0 Å². The first-order valence-corrected chi connectivity index (χ1v) is 9.48. The van der Waals surface area contributed by atoms with Crippen LogP contribution in [0, 0.1) is 0 Å². The van der Waals surface area contributed by atoms with E-state index in [9.17, 15) is 0 Å². The molecular formula is C20H22IN3S. The molecule has 1 N–H and O–H groups in total. The Kier molecular flexibility index (Phi) is 6.42. The molecule has 25 heavy (non-hydrogen) atoms. The Bertz CT molecular complexity index is 726. The third-order valence-electron chi connectivity index (χ3n) is 4.53. The van der Waals surface area contributed by atoms with Gasteiger partial charge in [-0.05, 0) is 42.1 Å². The number of benzene rings is 2. The minimum atomic E-state index is 0. The van der Waals surface area contributed by atoms with Gasteiger partial charge >= 0.3 is 11.0 Å². The second-order valence-corrected chi connectivity index (χ2v) is 7.24. The van der Waals surface area contributed by atoms with Crippen LogP contribution in [0.5, 0.6) is 0 Å². The van der Waals surface area contributed by atoms with E-state index in [1.54, 1.807) is 11.5 Å². The molecule has 5 heteroatoms. The number of para-hydroxylation sites is 1. The molecule has 3 nitrogen and oxygen atoms in total. The van der Waals surface area contributed by atoms with Gasteiger partial charge in [-0.15, -0.1) is 3.96 Å². The summed E-state index contributed by atoms with van der Waals surface area (Å²) in [6.07, 6.45) is 6.53. The molecule has 1 heterocycles. The van der Waals surface area contributed by atoms with Gasteiger partial charge in [-0.25, -0.2) is 0 Å². The molecule has 1 aliphatic rings. The molecule has 1 aliphatic carbocycles. The van der Waals surface area contributed by atoms with Crippen LogP contribution in [-0.4, -0.2) is 11.0 Å².